The zero-order valence-electron chi connectivity index (χ0n) is 14.2. The Kier molecular flexibility index (Phi) is 4.52. The quantitative estimate of drug-likeness (QED) is 0.368. The summed E-state index contributed by atoms with van der Waals surface area (Å²) in [6.45, 7) is 0. The second kappa shape index (κ2) is 6.93. The predicted molar refractivity (Wildman–Crippen MR) is 112 cm³/mol. The van der Waals surface area contributed by atoms with Crippen LogP contribution in [0.4, 0.5) is 8.78 Å². The number of nitrogens with zero attached hydrogens (tertiary/aromatic N) is 2. The number of hydrogen-bond donors (Lipinski definition) is 0. The summed E-state index contributed by atoms with van der Waals surface area (Å²) in [6, 6.07) is 11.7. The summed E-state index contributed by atoms with van der Waals surface area (Å²) in [5, 5.41) is 8.67. The highest BCUT2D eigenvalue weighted by Gasteiger charge is 2.42. The van der Waals surface area contributed by atoms with Gasteiger partial charge in [-0.3, -0.25) is 0 Å². The highest BCUT2D eigenvalue weighted by Crippen LogP contribution is 2.51. The molecule has 5 rings (SSSR count). The number of thiophene rings is 1. The molecule has 3 aromatic rings. The zero-order chi connectivity index (χ0) is 19.4. The average molecular weight is 526 g/mol. The Balaban J connectivity index is 1.65. The summed E-state index contributed by atoms with van der Waals surface area (Å²) in [5.74, 6) is -1.09. The van der Waals surface area contributed by atoms with Crippen molar-refractivity contribution in [1.29, 1.82) is 0 Å². The molecule has 0 amide bonds. The van der Waals surface area contributed by atoms with E-state index < -0.39 is 17.9 Å². The largest absolute Gasteiger partial charge is 0.463 e. The van der Waals surface area contributed by atoms with Crippen LogP contribution in [0.5, 0.6) is 5.75 Å². The zero-order valence-corrected chi connectivity index (χ0v) is 18.2. The van der Waals surface area contributed by atoms with Crippen LogP contribution in [0.15, 0.2) is 61.9 Å². The Morgan fingerprint density at radius 1 is 1.11 bits per heavy atom. The third-order valence-electron chi connectivity index (χ3n) is 4.84. The van der Waals surface area contributed by atoms with Crippen LogP contribution in [0.25, 0.3) is 0 Å². The molecular formula is C20H12Br2F2N2OS. The molecule has 0 spiro atoms. The standard InChI is InChI=1S/C20H12Br2F2N2OS/c21-11-7-12-17-9-16(18-2-1-5-28-18)25-26(17)20(27-19(12)13(22)8-11)10-3-4-14(23)15(24)6-10/h1-8,17,20H,9H2/t17-,20-/m1/s1. The Labute approximate surface area is 180 Å². The minimum Gasteiger partial charge on any atom is -0.463 e. The normalized spacial score (nSPS) is 20.4. The van der Waals surface area contributed by atoms with Gasteiger partial charge in [0, 0.05) is 22.0 Å². The van der Waals surface area contributed by atoms with Crippen molar-refractivity contribution in [2.45, 2.75) is 18.7 Å². The topological polar surface area (TPSA) is 24.8 Å². The Morgan fingerprint density at radius 2 is 1.96 bits per heavy atom. The molecule has 8 heteroatoms. The fraction of sp³-hybridized carbons (Fsp3) is 0.150. The number of benzene rings is 2. The molecule has 142 valence electrons. The minimum absolute atomic E-state index is 0.0623. The molecule has 0 saturated heterocycles. The lowest BCUT2D eigenvalue weighted by Gasteiger charge is -2.38. The van der Waals surface area contributed by atoms with Crippen molar-refractivity contribution in [3.05, 3.63) is 84.4 Å². The maximum absolute atomic E-state index is 13.9. The van der Waals surface area contributed by atoms with Gasteiger partial charge in [-0.05, 0) is 51.6 Å². The van der Waals surface area contributed by atoms with Gasteiger partial charge >= 0.3 is 0 Å². The number of hydrazone groups is 1. The van der Waals surface area contributed by atoms with Crippen LogP contribution in [0.3, 0.4) is 0 Å². The average Bonchev–Trinajstić information content (AvgIpc) is 3.33. The van der Waals surface area contributed by atoms with E-state index in [1.165, 1.54) is 12.1 Å². The summed E-state index contributed by atoms with van der Waals surface area (Å²) in [5.41, 5.74) is 2.47. The number of rotatable bonds is 2. The molecule has 2 aromatic carbocycles. The van der Waals surface area contributed by atoms with Crippen LogP contribution in [-0.2, 0) is 0 Å². The molecule has 2 atom stereocenters. The monoisotopic (exact) mass is 524 g/mol. The van der Waals surface area contributed by atoms with Gasteiger partial charge in [-0.15, -0.1) is 11.3 Å². The van der Waals surface area contributed by atoms with Crippen LogP contribution in [-0.4, -0.2) is 10.7 Å². The molecule has 3 nitrogen and oxygen atoms in total. The molecule has 0 saturated carbocycles. The molecular weight excluding hydrogens is 514 g/mol. The molecule has 2 aliphatic rings. The fourth-order valence-corrected chi connectivity index (χ4v) is 5.66. The van der Waals surface area contributed by atoms with E-state index in [0.717, 1.165) is 31.2 Å². The third kappa shape index (κ3) is 2.98. The van der Waals surface area contributed by atoms with E-state index in [0.29, 0.717) is 17.7 Å². The fourth-order valence-electron chi connectivity index (χ4n) is 3.59. The van der Waals surface area contributed by atoms with Crippen molar-refractivity contribution < 1.29 is 13.5 Å². The van der Waals surface area contributed by atoms with Gasteiger partial charge in [-0.25, -0.2) is 13.8 Å². The van der Waals surface area contributed by atoms with Gasteiger partial charge in [0.25, 0.3) is 0 Å². The first kappa shape index (κ1) is 18.3. The summed E-state index contributed by atoms with van der Waals surface area (Å²) in [7, 11) is 0. The van der Waals surface area contributed by atoms with E-state index in [4.69, 9.17) is 9.84 Å². The lowest BCUT2D eigenvalue weighted by atomic mass is 9.97. The minimum atomic E-state index is -0.903. The Morgan fingerprint density at radius 3 is 2.71 bits per heavy atom. The Bertz CT molecular complexity index is 1100. The number of ether oxygens (including phenoxy) is 1. The molecule has 0 fully saturated rings. The van der Waals surface area contributed by atoms with E-state index in [-0.39, 0.29) is 6.04 Å². The molecule has 0 N–H and O–H groups in total. The maximum atomic E-state index is 13.9. The van der Waals surface area contributed by atoms with Gasteiger partial charge in [-0.1, -0.05) is 28.1 Å². The van der Waals surface area contributed by atoms with Crippen LogP contribution in [0.1, 0.15) is 34.7 Å². The lowest BCUT2D eigenvalue weighted by molar-refractivity contribution is -0.0199. The summed E-state index contributed by atoms with van der Waals surface area (Å²) in [4.78, 5) is 1.09. The van der Waals surface area contributed by atoms with E-state index >= 15 is 0 Å². The van der Waals surface area contributed by atoms with E-state index in [1.54, 1.807) is 11.3 Å². The van der Waals surface area contributed by atoms with Crippen molar-refractivity contribution in [1.82, 2.24) is 5.01 Å². The Hall–Kier alpha value is -1.77. The van der Waals surface area contributed by atoms with E-state index in [1.807, 2.05) is 34.7 Å². The second-order valence-electron chi connectivity index (χ2n) is 6.57. The summed E-state index contributed by atoms with van der Waals surface area (Å²) >= 11 is 8.73. The van der Waals surface area contributed by atoms with Crippen molar-refractivity contribution in [2.75, 3.05) is 0 Å². The van der Waals surface area contributed by atoms with Crippen molar-refractivity contribution in [3.63, 3.8) is 0 Å². The second-order valence-corrected chi connectivity index (χ2v) is 9.29. The first-order valence-electron chi connectivity index (χ1n) is 8.51. The first-order valence-corrected chi connectivity index (χ1v) is 11.0. The first-order chi connectivity index (χ1) is 13.5. The highest BCUT2D eigenvalue weighted by atomic mass is 79.9. The molecule has 0 unspecified atom stereocenters. The van der Waals surface area contributed by atoms with Crippen LogP contribution in [0, 0.1) is 11.6 Å². The number of halogens is 4. The van der Waals surface area contributed by atoms with Crippen molar-refractivity contribution in [3.8, 4) is 5.75 Å². The van der Waals surface area contributed by atoms with Gasteiger partial charge in [0.15, 0.2) is 11.6 Å². The van der Waals surface area contributed by atoms with E-state index in [2.05, 4.69) is 31.9 Å². The maximum Gasteiger partial charge on any atom is 0.214 e. The van der Waals surface area contributed by atoms with Crippen molar-refractivity contribution in [2.24, 2.45) is 5.10 Å². The molecule has 0 aliphatic carbocycles. The molecule has 1 aromatic heterocycles. The molecule has 3 heterocycles. The molecule has 0 radical (unpaired) electrons. The SMILES string of the molecule is Fc1ccc([C@H]2Oc3c(Br)cc(Br)cc3[C@H]3CC(c4cccs4)=NN32)cc1F. The summed E-state index contributed by atoms with van der Waals surface area (Å²) in [6.07, 6.45) is 0.0578. The van der Waals surface area contributed by atoms with Crippen LogP contribution < -0.4 is 4.74 Å². The lowest BCUT2D eigenvalue weighted by Crippen LogP contribution is -2.34. The molecule has 2 aliphatic heterocycles. The smallest absolute Gasteiger partial charge is 0.214 e. The van der Waals surface area contributed by atoms with Crippen LogP contribution in [0.2, 0.25) is 0 Å². The van der Waals surface area contributed by atoms with Gasteiger partial charge in [0.1, 0.15) is 5.75 Å². The van der Waals surface area contributed by atoms with Gasteiger partial charge in [0.2, 0.25) is 6.23 Å². The number of hydrogen-bond acceptors (Lipinski definition) is 4. The van der Waals surface area contributed by atoms with Gasteiger partial charge in [-0.2, -0.15) is 5.10 Å². The number of fused-ring (bicyclic) bond motifs is 3. The van der Waals surface area contributed by atoms with Gasteiger partial charge < -0.3 is 4.74 Å². The highest BCUT2D eigenvalue weighted by molar-refractivity contribution is 9.11. The third-order valence-corrected chi connectivity index (χ3v) is 6.81. The molecule has 0 bridgehead atoms. The molecule has 28 heavy (non-hydrogen) atoms. The van der Waals surface area contributed by atoms with Gasteiger partial charge in [0.05, 0.1) is 21.1 Å². The van der Waals surface area contributed by atoms with Crippen molar-refractivity contribution >= 4 is 48.9 Å². The summed E-state index contributed by atoms with van der Waals surface area (Å²) < 4.78 is 35.3. The van der Waals surface area contributed by atoms with Crippen LogP contribution >= 0.6 is 43.2 Å². The predicted octanol–water partition coefficient (Wildman–Crippen LogP) is 6.79. The van der Waals surface area contributed by atoms with E-state index in [9.17, 15) is 8.78 Å².